The van der Waals surface area contributed by atoms with Crippen LogP contribution in [0, 0.1) is 5.92 Å². The van der Waals surface area contributed by atoms with Gasteiger partial charge in [0.1, 0.15) is 0 Å². The van der Waals surface area contributed by atoms with Gasteiger partial charge in [0, 0.05) is 6.54 Å². The van der Waals surface area contributed by atoms with Crippen molar-refractivity contribution in [2.24, 2.45) is 5.92 Å². The second-order valence-electron chi connectivity index (χ2n) is 3.39. The average Bonchev–Trinajstić information content (AvgIpc) is 2.12. The Morgan fingerprint density at radius 1 is 1.43 bits per heavy atom. The minimum atomic E-state index is -3.71. The Morgan fingerprint density at radius 2 is 1.93 bits per heavy atom. The van der Waals surface area contributed by atoms with Crippen LogP contribution in [0.3, 0.4) is 0 Å². The van der Waals surface area contributed by atoms with E-state index in [4.69, 9.17) is 5.11 Å². The Hall–Kier alpha value is -0.620. The summed E-state index contributed by atoms with van der Waals surface area (Å²) in [5.74, 6) is -1.12. The Labute approximate surface area is 84.6 Å². The predicted molar refractivity (Wildman–Crippen MR) is 53.5 cm³/mol. The van der Waals surface area contributed by atoms with Crippen molar-refractivity contribution in [3.05, 3.63) is 0 Å². The van der Waals surface area contributed by atoms with Crippen LogP contribution in [0.15, 0.2) is 0 Å². The molecular weight excluding hydrogens is 206 g/mol. The molecule has 0 saturated carbocycles. The normalized spacial score (nSPS) is 16.2. The van der Waals surface area contributed by atoms with Crippen molar-refractivity contribution in [3.8, 4) is 0 Å². The fourth-order valence-electron chi connectivity index (χ4n) is 0.660. The highest BCUT2D eigenvalue weighted by atomic mass is 32.2. The van der Waals surface area contributed by atoms with Crippen molar-refractivity contribution >= 4 is 16.0 Å². The molecule has 0 aliphatic carbocycles. The molecule has 0 aliphatic rings. The summed E-state index contributed by atoms with van der Waals surface area (Å²) in [7, 11) is -3.71. The molecule has 2 atom stereocenters. The lowest BCUT2D eigenvalue weighted by molar-refractivity contribution is -0.136. The minimum absolute atomic E-state index is 0.214. The van der Waals surface area contributed by atoms with Crippen molar-refractivity contribution in [1.82, 2.24) is 4.72 Å². The Balaban J connectivity index is 4.29. The molecule has 14 heavy (non-hydrogen) atoms. The van der Waals surface area contributed by atoms with Crippen molar-refractivity contribution in [1.29, 1.82) is 0 Å². The highest BCUT2D eigenvalue weighted by Gasteiger charge is 2.27. The molecule has 0 saturated heterocycles. The van der Waals surface area contributed by atoms with E-state index in [1.165, 1.54) is 0 Å². The zero-order valence-electron chi connectivity index (χ0n) is 8.65. The van der Waals surface area contributed by atoms with Crippen LogP contribution in [0.5, 0.6) is 0 Å². The van der Waals surface area contributed by atoms with Gasteiger partial charge in [-0.15, -0.1) is 0 Å². The van der Waals surface area contributed by atoms with Gasteiger partial charge < -0.3 is 5.11 Å². The molecule has 2 N–H and O–H groups in total. The molecule has 6 heteroatoms. The SMILES string of the molecule is CCC(C)CNS(=O)(=O)C(C)C(=O)O. The molecule has 0 rings (SSSR count). The van der Waals surface area contributed by atoms with E-state index in [0.717, 1.165) is 13.3 Å². The standard InChI is InChI=1S/C8H17NO4S/c1-4-6(2)5-9-14(12,13)7(3)8(10)11/h6-7,9H,4-5H2,1-3H3,(H,10,11). The molecule has 0 aliphatic heterocycles. The van der Waals surface area contributed by atoms with Gasteiger partial charge in [-0.1, -0.05) is 20.3 Å². The van der Waals surface area contributed by atoms with Gasteiger partial charge in [0.05, 0.1) is 0 Å². The number of carboxylic acid groups (broad SMARTS) is 1. The van der Waals surface area contributed by atoms with Gasteiger partial charge >= 0.3 is 5.97 Å². The number of aliphatic carboxylic acids is 1. The number of rotatable bonds is 6. The predicted octanol–water partition coefficient (Wildman–Crippen LogP) is 0.425. The first-order valence-electron chi connectivity index (χ1n) is 4.52. The largest absolute Gasteiger partial charge is 0.480 e. The first-order valence-corrected chi connectivity index (χ1v) is 6.07. The van der Waals surface area contributed by atoms with Crippen LogP contribution in [-0.4, -0.2) is 31.3 Å². The number of carboxylic acids is 1. The highest BCUT2D eigenvalue weighted by Crippen LogP contribution is 2.02. The van der Waals surface area contributed by atoms with E-state index in [1.54, 1.807) is 0 Å². The van der Waals surface area contributed by atoms with Crippen LogP contribution in [0.25, 0.3) is 0 Å². The number of hydrogen-bond donors (Lipinski definition) is 2. The number of hydrogen-bond acceptors (Lipinski definition) is 3. The smallest absolute Gasteiger partial charge is 0.323 e. The highest BCUT2D eigenvalue weighted by molar-refractivity contribution is 7.90. The van der Waals surface area contributed by atoms with E-state index < -0.39 is 21.2 Å². The summed E-state index contributed by atoms with van der Waals surface area (Å²) in [5.41, 5.74) is 0. The lowest BCUT2D eigenvalue weighted by Crippen LogP contribution is -2.39. The van der Waals surface area contributed by atoms with E-state index in [1.807, 2.05) is 13.8 Å². The molecule has 0 bridgehead atoms. The van der Waals surface area contributed by atoms with E-state index in [2.05, 4.69) is 4.72 Å². The van der Waals surface area contributed by atoms with Gasteiger partial charge in [0.25, 0.3) is 0 Å². The minimum Gasteiger partial charge on any atom is -0.480 e. The quantitative estimate of drug-likeness (QED) is 0.683. The lowest BCUT2D eigenvalue weighted by atomic mass is 10.1. The maximum absolute atomic E-state index is 11.3. The summed E-state index contributed by atoms with van der Waals surface area (Å²) < 4.78 is 24.9. The van der Waals surface area contributed by atoms with Crippen LogP contribution in [0.2, 0.25) is 0 Å². The molecule has 0 aromatic carbocycles. The van der Waals surface area contributed by atoms with Crippen LogP contribution < -0.4 is 4.72 Å². The lowest BCUT2D eigenvalue weighted by Gasteiger charge is -2.12. The number of nitrogens with one attached hydrogen (secondary N) is 1. The van der Waals surface area contributed by atoms with Crippen molar-refractivity contribution in [2.75, 3.05) is 6.54 Å². The Kier molecular flexibility index (Phi) is 5.07. The zero-order valence-corrected chi connectivity index (χ0v) is 9.47. The summed E-state index contributed by atoms with van der Waals surface area (Å²) in [4.78, 5) is 10.4. The monoisotopic (exact) mass is 223 g/mol. The molecule has 2 unspecified atom stereocenters. The van der Waals surface area contributed by atoms with Gasteiger partial charge in [-0.3, -0.25) is 4.79 Å². The zero-order chi connectivity index (χ0) is 11.4. The third-order valence-corrected chi connectivity index (χ3v) is 3.84. The Bertz CT molecular complexity index is 286. The van der Waals surface area contributed by atoms with E-state index in [-0.39, 0.29) is 12.5 Å². The van der Waals surface area contributed by atoms with Gasteiger partial charge in [-0.2, -0.15) is 0 Å². The van der Waals surface area contributed by atoms with E-state index >= 15 is 0 Å². The molecule has 0 radical (unpaired) electrons. The molecule has 0 fully saturated rings. The molecule has 0 aromatic heterocycles. The van der Waals surface area contributed by atoms with E-state index in [0.29, 0.717) is 0 Å². The van der Waals surface area contributed by atoms with Crippen molar-refractivity contribution in [3.63, 3.8) is 0 Å². The number of sulfonamides is 1. The number of carbonyl (C=O) groups is 1. The fraction of sp³-hybridized carbons (Fsp3) is 0.875. The van der Waals surface area contributed by atoms with Crippen LogP contribution in [0.1, 0.15) is 27.2 Å². The molecule has 0 heterocycles. The third-order valence-electron chi connectivity index (χ3n) is 2.14. The average molecular weight is 223 g/mol. The molecule has 5 nitrogen and oxygen atoms in total. The van der Waals surface area contributed by atoms with Gasteiger partial charge in [0.2, 0.25) is 10.0 Å². The fourth-order valence-corrected chi connectivity index (χ4v) is 1.69. The topological polar surface area (TPSA) is 83.5 Å². The maximum Gasteiger partial charge on any atom is 0.323 e. The summed E-state index contributed by atoms with van der Waals surface area (Å²) >= 11 is 0. The molecule has 0 spiro atoms. The van der Waals surface area contributed by atoms with Gasteiger partial charge in [-0.25, -0.2) is 13.1 Å². The summed E-state index contributed by atoms with van der Waals surface area (Å²) in [6.07, 6.45) is 0.851. The Morgan fingerprint density at radius 3 is 2.29 bits per heavy atom. The van der Waals surface area contributed by atoms with Crippen molar-refractivity contribution in [2.45, 2.75) is 32.4 Å². The maximum atomic E-state index is 11.3. The molecule has 84 valence electrons. The van der Waals surface area contributed by atoms with Crippen LogP contribution in [-0.2, 0) is 14.8 Å². The first-order chi connectivity index (χ1) is 6.31. The molecular formula is C8H17NO4S. The van der Waals surface area contributed by atoms with Gasteiger partial charge in [0.15, 0.2) is 5.25 Å². The van der Waals surface area contributed by atoms with Crippen molar-refractivity contribution < 1.29 is 18.3 Å². The summed E-state index contributed by atoms with van der Waals surface area (Å²) in [5, 5.41) is 7.12. The van der Waals surface area contributed by atoms with Crippen LogP contribution in [0.4, 0.5) is 0 Å². The first kappa shape index (κ1) is 13.4. The third kappa shape index (κ3) is 4.06. The van der Waals surface area contributed by atoms with Gasteiger partial charge in [-0.05, 0) is 12.8 Å². The second-order valence-corrected chi connectivity index (χ2v) is 5.47. The summed E-state index contributed by atoms with van der Waals surface area (Å²) in [6.45, 7) is 5.28. The molecule has 0 aromatic rings. The summed E-state index contributed by atoms with van der Waals surface area (Å²) in [6, 6.07) is 0. The van der Waals surface area contributed by atoms with E-state index in [9.17, 15) is 13.2 Å². The molecule has 0 amide bonds. The van der Waals surface area contributed by atoms with Crippen LogP contribution >= 0.6 is 0 Å². The second kappa shape index (κ2) is 5.31.